The molecule has 0 amide bonds. The second-order valence-corrected chi connectivity index (χ2v) is 4.64. The van der Waals surface area contributed by atoms with Gasteiger partial charge in [0.1, 0.15) is 5.75 Å². The molecule has 98 valence electrons. The van der Waals surface area contributed by atoms with E-state index in [-0.39, 0.29) is 5.78 Å². The van der Waals surface area contributed by atoms with Crippen LogP contribution in [0.1, 0.15) is 21.5 Å². The van der Waals surface area contributed by atoms with Crippen molar-refractivity contribution in [3.8, 4) is 5.75 Å². The summed E-state index contributed by atoms with van der Waals surface area (Å²) >= 11 is 6.07. The lowest BCUT2D eigenvalue weighted by Crippen LogP contribution is -2.08. The van der Waals surface area contributed by atoms with Crippen molar-refractivity contribution in [3.63, 3.8) is 0 Å². The average Bonchev–Trinajstić information content (AvgIpc) is 2.38. The number of benzene rings is 2. The number of carbonyl (C=O) groups excluding carboxylic acids is 1. The first kappa shape index (κ1) is 13.4. The van der Waals surface area contributed by atoms with Crippen LogP contribution in [0.25, 0.3) is 0 Å². The third kappa shape index (κ3) is 2.56. The Hall–Kier alpha value is -2.00. The van der Waals surface area contributed by atoms with Crippen LogP contribution < -0.4 is 10.5 Å². The zero-order valence-corrected chi connectivity index (χ0v) is 11.5. The van der Waals surface area contributed by atoms with Crippen LogP contribution in [0.4, 0.5) is 5.69 Å². The van der Waals surface area contributed by atoms with Crippen LogP contribution >= 0.6 is 11.6 Å². The van der Waals surface area contributed by atoms with Crippen LogP contribution in [-0.2, 0) is 0 Å². The normalized spacial score (nSPS) is 10.3. The van der Waals surface area contributed by atoms with Gasteiger partial charge >= 0.3 is 0 Å². The van der Waals surface area contributed by atoms with E-state index in [1.54, 1.807) is 30.3 Å². The quantitative estimate of drug-likeness (QED) is 0.689. The first-order valence-corrected chi connectivity index (χ1v) is 6.15. The van der Waals surface area contributed by atoms with Crippen molar-refractivity contribution in [2.75, 3.05) is 12.8 Å². The SMILES string of the molecule is COc1ccc(C)cc1C(=O)c1c(N)cccc1Cl. The number of rotatable bonds is 3. The molecule has 0 heterocycles. The largest absolute Gasteiger partial charge is 0.496 e. The first-order valence-electron chi connectivity index (χ1n) is 5.78. The monoisotopic (exact) mass is 275 g/mol. The summed E-state index contributed by atoms with van der Waals surface area (Å²) in [6, 6.07) is 10.4. The Morgan fingerprint density at radius 3 is 2.63 bits per heavy atom. The first-order chi connectivity index (χ1) is 9.04. The van der Waals surface area contributed by atoms with Crippen LogP contribution in [0.2, 0.25) is 5.02 Å². The fraction of sp³-hybridized carbons (Fsp3) is 0.133. The predicted octanol–water partition coefficient (Wildman–Crippen LogP) is 3.47. The zero-order valence-electron chi connectivity index (χ0n) is 10.7. The Labute approximate surface area is 117 Å². The molecule has 2 rings (SSSR count). The summed E-state index contributed by atoms with van der Waals surface area (Å²) in [5, 5.41) is 0.341. The second kappa shape index (κ2) is 5.33. The molecule has 0 aliphatic carbocycles. The van der Waals surface area contributed by atoms with Gasteiger partial charge in [0.15, 0.2) is 5.78 Å². The van der Waals surface area contributed by atoms with Crippen LogP contribution in [-0.4, -0.2) is 12.9 Å². The van der Waals surface area contributed by atoms with Crippen LogP contribution in [0.3, 0.4) is 0 Å². The Morgan fingerprint density at radius 1 is 1.26 bits per heavy atom. The topological polar surface area (TPSA) is 52.3 Å². The molecule has 0 aliphatic rings. The standard InChI is InChI=1S/C15H14ClNO2/c1-9-6-7-13(19-2)10(8-9)15(18)14-11(16)4-3-5-12(14)17/h3-8H,17H2,1-2H3. The van der Waals surface area contributed by atoms with E-state index in [9.17, 15) is 4.79 Å². The Bertz CT molecular complexity index is 618. The highest BCUT2D eigenvalue weighted by Crippen LogP contribution is 2.29. The van der Waals surface area contributed by atoms with Crippen molar-refractivity contribution in [1.29, 1.82) is 0 Å². The van der Waals surface area contributed by atoms with E-state index < -0.39 is 0 Å². The van der Waals surface area contributed by atoms with Gasteiger partial charge in [0.05, 0.1) is 23.3 Å². The van der Waals surface area contributed by atoms with E-state index in [2.05, 4.69) is 0 Å². The van der Waals surface area contributed by atoms with Gasteiger partial charge in [0, 0.05) is 5.69 Å². The number of ketones is 1. The van der Waals surface area contributed by atoms with E-state index in [1.807, 2.05) is 13.0 Å². The highest BCUT2D eigenvalue weighted by molar-refractivity contribution is 6.36. The maximum absolute atomic E-state index is 12.6. The number of halogens is 1. The van der Waals surface area contributed by atoms with Crippen molar-refractivity contribution in [2.24, 2.45) is 0 Å². The van der Waals surface area contributed by atoms with E-state index in [0.29, 0.717) is 27.6 Å². The van der Waals surface area contributed by atoms with Gasteiger partial charge in [-0.15, -0.1) is 0 Å². The molecule has 0 saturated carbocycles. The van der Waals surface area contributed by atoms with Crippen molar-refractivity contribution in [1.82, 2.24) is 0 Å². The van der Waals surface area contributed by atoms with Gasteiger partial charge in [-0.3, -0.25) is 4.79 Å². The lowest BCUT2D eigenvalue weighted by Gasteiger charge is -2.11. The molecule has 0 saturated heterocycles. The van der Waals surface area contributed by atoms with Gasteiger partial charge in [-0.05, 0) is 31.2 Å². The number of methoxy groups -OCH3 is 1. The minimum atomic E-state index is -0.233. The molecule has 2 N–H and O–H groups in total. The van der Waals surface area contributed by atoms with E-state index in [0.717, 1.165) is 5.56 Å². The zero-order chi connectivity index (χ0) is 14.0. The second-order valence-electron chi connectivity index (χ2n) is 4.24. The van der Waals surface area contributed by atoms with Gasteiger partial charge < -0.3 is 10.5 Å². The fourth-order valence-corrected chi connectivity index (χ4v) is 2.18. The van der Waals surface area contributed by atoms with Crippen molar-refractivity contribution < 1.29 is 9.53 Å². The van der Waals surface area contributed by atoms with Crippen molar-refractivity contribution >= 4 is 23.1 Å². The molecular weight excluding hydrogens is 262 g/mol. The summed E-state index contributed by atoms with van der Waals surface area (Å²) in [6.45, 7) is 1.91. The van der Waals surface area contributed by atoms with Crippen molar-refractivity contribution in [2.45, 2.75) is 6.92 Å². The smallest absolute Gasteiger partial charge is 0.200 e. The van der Waals surface area contributed by atoms with E-state index in [1.165, 1.54) is 7.11 Å². The fourth-order valence-electron chi connectivity index (χ4n) is 1.91. The minimum Gasteiger partial charge on any atom is -0.496 e. The summed E-state index contributed by atoms with van der Waals surface area (Å²) in [5.41, 5.74) is 7.95. The summed E-state index contributed by atoms with van der Waals surface area (Å²) < 4.78 is 5.22. The molecule has 0 spiro atoms. The molecule has 19 heavy (non-hydrogen) atoms. The molecule has 2 aromatic rings. The van der Waals surface area contributed by atoms with E-state index in [4.69, 9.17) is 22.1 Å². The molecule has 0 radical (unpaired) electrons. The molecule has 0 aromatic heterocycles. The number of anilines is 1. The number of aryl methyl sites for hydroxylation is 1. The molecular formula is C15H14ClNO2. The Morgan fingerprint density at radius 2 is 2.00 bits per heavy atom. The number of hydrogen-bond acceptors (Lipinski definition) is 3. The highest BCUT2D eigenvalue weighted by atomic mass is 35.5. The number of hydrogen-bond donors (Lipinski definition) is 1. The van der Waals surface area contributed by atoms with Gasteiger partial charge in [-0.25, -0.2) is 0 Å². The third-order valence-corrected chi connectivity index (χ3v) is 3.19. The third-order valence-electron chi connectivity index (χ3n) is 2.87. The van der Waals surface area contributed by atoms with E-state index >= 15 is 0 Å². The molecule has 0 fully saturated rings. The lowest BCUT2D eigenvalue weighted by molar-refractivity contribution is 0.103. The summed E-state index contributed by atoms with van der Waals surface area (Å²) in [7, 11) is 1.53. The predicted molar refractivity (Wildman–Crippen MR) is 77.0 cm³/mol. The van der Waals surface area contributed by atoms with Gasteiger partial charge in [-0.1, -0.05) is 29.3 Å². The Kier molecular flexibility index (Phi) is 3.76. The van der Waals surface area contributed by atoms with Crippen molar-refractivity contribution in [3.05, 3.63) is 58.1 Å². The average molecular weight is 276 g/mol. The lowest BCUT2D eigenvalue weighted by atomic mass is 9.99. The molecule has 2 aromatic carbocycles. The summed E-state index contributed by atoms with van der Waals surface area (Å²) in [4.78, 5) is 12.6. The van der Waals surface area contributed by atoms with Gasteiger partial charge in [-0.2, -0.15) is 0 Å². The van der Waals surface area contributed by atoms with Gasteiger partial charge in [0.25, 0.3) is 0 Å². The van der Waals surface area contributed by atoms with Crippen LogP contribution in [0.15, 0.2) is 36.4 Å². The number of ether oxygens (including phenoxy) is 1. The van der Waals surface area contributed by atoms with Crippen LogP contribution in [0, 0.1) is 6.92 Å². The highest BCUT2D eigenvalue weighted by Gasteiger charge is 2.19. The summed E-state index contributed by atoms with van der Waals surface area (Å²) in [5.74, 6) is 0.276. The number of nitrogen functional groups attached to an aromatic ring is 1. The molecule has 0 unspecified atom stereocenters. The molecule has 0 aliphatic heterocycles. The number of nitrogens with two attached hydrogens (primary N) is 1. The summed E-state index contributed by atoms with van der Waals surface area (Å²) in [6.07, 6.45) is 0. The molecule has 3 nitrogen and oxygen atoms in total. The maximum Gasteiger partial charge on any atom is 0.200 e. The molecule has 0 atom stereocenters. The minimum absolute atomic E-state index is 0.233. The van der Waals surface area contributed by atoms with Gasteiger partial charge in [0.2, 0.25) is 0 Å². The maximum atomic E-state index is 12.6. The van der Waals surface area contributed by atoms with Crippen LogP contribution in [0.5, 0.6) is 5.75 Å². The molecule has 0 bridgehead atoms. The Balaban J connectivity index is 2.59. The number of carbonyl (C=O) groups is 1. The molecule has 4 heteroatoms.